The molecular formula is C14H17N5S. The van der Waals surface area contributed by atoms with Gasteiger partial charge in [0.2, 0.25) is 5.95 Å². The maximum Gasteiger partial charge on any atom is 0.203 e. The molecule has 0 saturated carbocycles. The Morgan fingerprint density at radius 1 is 1.45 bits per heavy atom. The molecule has 1 aliphatic carbocycles. The van der Waals surface area contributed by atoms with E-state index in [1.807, 2.05) is 30.0 Å². The summed E-state index contributed by atoms with van der Waals surface area (Å²) < 4.78 is 4.06. The molecule has 20 heavy (non-hydrogen) atoms. The van der Waals surface area contributed by atoms with Crippen molar-refractivity contribution in [2.45, 2.75) is 32.2 Å². The molecule has 0 bridgehead atoms. The number of imidazole rings is 1. The van der Waals surface area contributed by atoms with Crippen LogP contribution in [-0.2, 0) is 13.5 Å². The summed E-state index contributed by atoms with van der Waals surface area (Å²) in [6.45, 7) is 1.98. The number of hydrogen-bond acceptors (Lipinski definition) is 4. The van der Waals surface area contributed by atoms with Gasteiger partial charge < -0.3 is 5.73 Å². The number of fused-ring (bicyclic) bond motifs is 2. The Bertz CT molecular complexity index is 794. The monoisotopic (exact) mass is 287 g/mol. The van der Waals surface area contributed by atoms with Crippen LogP contribution in [0, 0.1) is 6.92 Å². The maximum atomic E-state index is 6.21. The maximum absolute atomic E-state index is 6.21. The van der Waals surface area contributed by atoms with Crippen molar-refractivity contribution in [2.24, 2.45) is 7.05 Å². The van der Waals surface area contributed by atoms with Gasteiger partial charge in [-0.1, -0.05) is 0 Å². The quantitative estimate of drug-likeness (QED) is 0.748. The summed E-state index contributed by atoms with van der Waals surface area (Å²) in [7, 11) is 1.96. The molecule has 0 amide bonds. The normalized spacial score (nSPS) is 18.6. The fraction of sp³-hybridized carbons (Fsp3) is 0.429. The third kappa shape index (κ3) is 1.48. The molecule has 1 aliphatic rings. The zero-order chi connectivity index (χ0) is 13.9. The van der Waals surface area contributed by atoms with Crippen molar-refractivity contribution in [2.75, 3.05) is 5.73 Å². The summed E-state index contributed by atoms with van der Waals surface area (Å²) in [4.78, 5) is 6.01. The van der Waals surface area contributed by atoms with Gasteiger partial charge in [0.15, 0.2) is 5.65 Å². The van der Waals surface area contributed by atoms with E-state index in [1.54, 1.807) is 0 Å². The Morgan fingerprint density at radius 3 is 3.15 bits per heavy atom. The van der Waals surface area contributed by atoms with Crippen LogP contribution in [0.5, 0.6) is 0 Å². The van der Waals surface area contributed by atoms with Gasteiger partial charge in [0, 0.05) is 11.9 Å². The van der Waals surface area contributed by atoms with Gasteiger partial charge in [-0.2, -0.15) is 5.10 Å². The van der Waals surface area contributed by atoms with Crippen molar-refractivity contribution in [3.63, 3.8) is 0 Å². The molecule has 6 heteroatoms. The Labute approximate surface area is 121 Å². The predicted molar refractivity (Wildman–Crippen MR) is 81.0 cm³/mol. The number of nitrogen functional groups attached to an aromatic ring is 1. The molecule has 3 aromatic heterocycles. The molecule has 1 atom stereocenters. The molecule has 0 spiro atoms. The van der Waals surface area contributed by atoms with Crippen molar-refractivity contribution < 1.29 is 0 Å². The zero-order valence-corrected chi connectivity index (χ0v) is 12.4. The van der Waals surface area contributed by atoms with Crippen LogP contribution in [0.25, 0.3) is 11.2 Å². The topological polar surface area (TPSA) is 61.7 Å². The van der Waals surface area contributed by atoms with Crippen molar-refractivity contribution in [1.29, 1.82) is 0 Å². The van der Waals surface area contributed by atoms with Crippen LogP contribution in [0.15, 0.2) is 11.4 Å². The zero-order valence-electron chi connectivity index (χ0n) is 11.6. The minimum atomic E-state index is 0.296. The largest absolute Gasteiger partial charge is 0.369 e. The van der Waals surface area contributed by atoms with Crippen molar-refractivity contribution in [1.82, 2.24) is 19.3 Å². The van der Waals surface area contributed by atoms with Crippen LogP contribution in [0.2, 0.25) is 0 Å². The number of rotatable bonds is 1. The van der Waals surface area contributed by atoms with Crippen molar-refractivity contribution in [3.05, 3.63) is 27.6 Å². The second-order valence-corrected chi connectivity index (χ2v) is 6.43. The highest BCUT2D eigenvalue weighted by atomic mass is 32.1. The van der Waals surface area contributed by atoms with Crippen LogP contribution >= 0.6 is 11.3 Å². The fourth-order valence-corrected chi connectivity index (χ4v) is 4.33. The lowest BCUT2D eigenvalue weighted by atomic mass is 9.94. The molecule has 0 radical (unpaired) electrons. The van der Waals surface area contributed by atoms with Crippen molar-refractivity contribution >= 4 is 28.4 Å². The van der Waals surface area contributed by atoms with Crippen LogP contribution in [-0.4, -0.2) is 19.3 Å². The fourth-order valence-electron chi connectivity index (χ4n) is 3.35. The molecule has 4 rings (SSSR count). The molecule has 2 N–H and O–H groups in total. The number of nitrogens with zero attached hydrogens (tertiary/aromatic N) is 4. The van der Waals surface area contributed by atoms with E-state index < -0.39 is 0 Å². The molecule has 3 aromatic rings. The first-order valence-corrected chi connectivity index (χ1v) is 7.78. The minimum Gasteiger partial charge on any atom is -0.369 e. The molecule has 0 aromatic carbocycles. The Balaban J connectivity index is 1.98. The van der Waals surface area contributed by atoms with Gasteiger partial charge in [0.05, 0.1) is 11.7 Å². The lowest BCUT2D eigenvalue weighted by molar-refractivity contribution is 0.502. The van der Waals surface area contributed by atoms with Crippen LogP contribution in [0.4, 0.5) is 5.95 Å². The first-order chi connectivity index (χ1) is 9.66. The van der Waals surface area contributed by atoms with Gasteiger partial charge in [-0.25, -0.2) is 4.98 Å². The summed E-state index contributed by atoms with van der Waals surface area (Å²) in [5.74, 6) is 0.597. The molecule has 3 heterocycles. The summed E-state index contributed by atoms with van der Waals surface area (Å²) in [6.07, 6.45) is 3.50. The highest BCUT2D eigenvalue weighted by molar-refractivity contribution is 7.10. The van der Waals surface area contributed by atoms with Crippen LogP contribution < -0.4 is 5.73 Å². The number of thiophene rings is 1. The Kier molecular flexibility index (Phi) is 2.44. The number of aryl methyl sites for hydroxylation is 3. The standard InChI is InChI=1S/C14H17N5S/c1-8-12-13(18(2)17-8)19(14(15)16-12)10-4-3-5-11-9(10)6-7-20-11/h6-7,10H,3-5H2,1-2H3,(H2,15,16). The number of nitrogens with two attached hydrogens (primary N) is 1. The van der Waals surface area contributed by atoms with Crippen molar-refractivity contribution in [3.8, 4) is 0 Å². The van der Waals surface area contributed by atoms with E-state index in [1.165, 1.54) is 23.3 Å². The minimum absolute atomic E-state index is 0.296. The smallest absolute Gasteiger partial charge is 0.203 e. The molecule has 0 aliphatic heterocycles. The summed E-state index contributed by atoms with van der Waals surface area (Å²) in [5, 5.41) is 6.65. The average molecular weight is 287 g/mol. The molecule has 5 nitrogen and oxygen atoms in total. The first-order valence-electron chi connectivity index (χ1n) is 6.90. The van der Waals surface area contributed by atoms with Gasteiger partial charge in [0.1, 0.15) is 5.52 Å². The van der Waals surface area contributed by atoms with Gasteiger partial charge in [-0.05, 0) is 43.2 Å². The highest BCUT2D eigenvalue weighted by Crippen LogP contribution is 2.39. The van der Waals surface area contributed by atoms with Gasteiger partial charge >= 0.3 is 0 Å². The molecule has 104 valence electrons. The van der Waals surface area contributed by atoms with Gasteiger partial charge in [-0.3, -0.25) is 9.25 Å². The van der Waals surface area contributed by atoms with E-state index >= 15 is 0 Å². The van der Waals surface area contributed by atoms with E-state index in [2.05, 4.69) is 26.1 Å². The summed E-state index contributed by atoms with van der Waals surface area (Å²) >= 11 is 1.85. The summed E-state index contributed by atoms with van der Waals surface area (Å²) in [5.41, 5.74) is 10.5. The van der Waals surface area contributed by atoms with E-state index in [4.69, 9.17) is 5.73 Å². The van der Waals surface area contributed by atoms with E-state index in [-0.39, 0.29) is 0 Å². The lowest BCUT2D eigenvalue weighted by Crippen LogP contribution is -2.18. The van der Waals surface area contributed by atoms with Crippen LogP contribution in [0.1, 0.15) is 35.0 Å². The molecule has 0 saturated heterocycles. The summed E-state index contributed by atoms with van der Waals surface area (Å²) in [6, 6.07) is 2.53. The van der Waals surface area contributed by atoms with Crippen LogP contribution in [0.3, 0.4) is 0 Å². The third-order valence-electron chi connectivity index (χ3n) is 4.19. The molecule has 1 unspecified atom stereocenters. The third-order valence-corrected chi connectivity index (χ3v) is 5.19. The molecular weight excluding hydrogens is 270 g/mol. The molecule has 0 fully saturated rings. The SMILES string of the molecule is Cc1nn(C)c2c1nc(N)n2C1CCCc2sccc21. The highest BCUT2D eigenvalue weighted by Gasteiger charge is 2.27. The average Bonchev–Trinajstić information content (AvgIpc) is 3.07. The number of aromatic nitrogens is 4. The number of anilines is 1. The second-order valence-electron chi connectivity index (χ2n) is 5.43. The van der Waals surface area contributed by atoms with E-state index in [0.29, 0.717) is 12.0 Å². The lowest BCUT2D eigenvalue weighted by Gasteiger charge is -2.25. The van der Waals surface area contributed by atoms with Gasteiger partial charge in [-0.15, -0.1) is 11.3 Å². The Morgan fingerprint density at radius 2 is 2.30 bits per heavy atom. The predicted octanol–water partition coefficient (Wildman–Crippen LogP) is 2.65. The number of hydrogen-bond donors (Lipinski definition) is 1. The van der Waals surface area contributed by atoms with E-state index in [9.17, 15) is 0 Å². The van der Waals surface area contributed by atoms with Gasteiger partial charge in [0.25, 0.3) is 0 Å². The Hall–Kier alpha value is -1.82. The van der Waals surface area contributed by atoms with E-state index in [0.717, 1.165) is 23.3 Å². The second kappa shape index (κ2) is 4.09. The first kappa shape index (κ1) is 12.0.